The molecule has 0 spiro atoms. The highest BCUT2D eigenvalue weighted by Gasteiger charge is 2.30. The molecule has 6 heteroatoms. The quantitative estimate of drug-likeness (QED) is 0.777. The molecular weight excluding hydrogens is 257 g/mol. The number of ether oxygens (including phenoxy) is 1. The second kappa shape index (κ2) is 8.07. The number of nitrogens with zero attached hydrogens (tertiary/aromatic N) is 1. The zero-order valence-corrected chi connectivity index (χ0v) is 11.8. The standard InChI is InChI=1S/C13H25F3N2O/c1-11(2)9-17-10-12-5-3-4-6-18(12)7-8-19-13(14,15)16/h11-12,17H,3-10H2,1-2H3. The van der Waals surface area contributed by atoms with Crippen molar-refractivity contribution in [1.82, 2.24) is 10.2 Å². The van der Waals surface area contributed by atoms with Crippen LogP contribution in [0.5, 0.6) is 0 Å². The largest absolute Gasteiger partial charge is 0.522 e. The summed E-state index contributed by atoms with van der Waals surface area (Å²) < 4.78 is 39.7. The van der Waals surface area contributed by atoms with Crippen molar-refractivity contribution in [1.29, 1.82) is 0 Å². The summed E-state index contributed by atoms with van der Waals surface area (Å²) in [5, 5.41) is 3.39. The highest BCUT2D eigenvalue weighted by molar-refractivity contribution is 4.78. The Morgan fingerprint density at radius 2 is 2.05 bits per heavy atom. The smallest absolute Gasteiger partial charge is 0.315 e. The van der Waals surface area contributed by atoms with Gasteiger partial charge in [0.05, 0.1) is 6.61 Å². The van der Waals surface area contributed by atoms with Gasteiger partial charge in [-0.3, -0.25) is 9.64 Å². The molecule has 1 unspecified atom stereocenters. The summed E-state index contributed by atoms with van der Waals surface area (Å²) >= 11 is 0. The summed E-state index contributed by atoms with van der Waals surface area (Å²) in [5.41, 5.74) is 0. The lowest BCUT2D eigenvalue weighted by Gasteiger charge is -2.36. The Morgan fingerprint density at radius 3 is 2.68 bits per heavy atom. The molecule has 0 saturated carbocycles. The number of halogens is 3. The average molecular weight is 282 g/mol. The fourth-order valence-electron chi connectivity index (χ4n) is 2.40. The Hall–Kier alpha value is -0.330. The minimum Gasteiger partial charge on any atom is -0.315 e. The second-order valence-corrected chi connectivity index (χ2v) is 5.53. The lowest BCUT2D eigenvalue weighted by Crippen LogP contribution is -2.47. The van der Waals surface area contributed by atoms with E-state index in [0.29, 0.717) is 18.5 Å². The molecule has 1 N–H and O–H groups in total. The fourth-order valence-corrected chi connectivity index (χ4v) is 2.40. The molecule has 1 aliphatic rings. The number of nitrogens with one attached hydrogen (secondary N) is 1. The number of rotatable bonds is 7. The van der Waals surface area contributed by atoms with Crippen LogP contribution in [0.1, 0.15) is 33.1 Å². The molecule has 0 aromatic heterocycles. The van der Waals surface area contributed by atoms with E-state index >= 15 is 0 Å². The van der Waals surface area contributed by atoms with Gasteiger partial charge in [0.15, 0.2) is 0 Å². The number of hydrogen-bond donors (Lipinski definition) is 1. The first-order valence-electron chi connectivity index (χ1n) is 7.04. The lowest BCUT2D eigenvalue weighted by atomic mass is 10.0. The average Bonchev–Trinajstić information content (AvgIpc) is 2.29. The van der Waals surface area contributed by atoms with Crippen LogP contribution in [0.25, 0.3) is 0 Å². The summed E-state index contributed by atoms with van der Waals surface area (Å²) in [4.78, 5) is 2.11. The van der Waals surface area contributed by atoms with Crippen LogP contribution in [0.4, 0.5) is 13.2 Å². The van der Waals surface area contributed by atoms with E-state index in [-0.39, 0.29) is 6.61 Å². The summed E-state index contributed by atoms with van der Waals surface area (Å²) in [6, 6.07) is 0.337. The van der Waals surface area contributed by atoms with Gasteiger partial charge < -0.3 is 5.32 Å². The maximum absolute atomic E-state index is 11.9. The first-order chi connectivity index (χ1) is 8.88. The predicted octanol–water partition coefficient (Wildman–Crippen LogP) is 2.62. The molecule has 114 valence electrons. The Bertz CT molecular complexity index is 247. The van der Waals surface area contributed by atoms with Crippen molar-refractivity contribution >= 4 is 0 Å². The van der Waals surface area contributed by atoms with Crippen molar-refractivity contribution in [2.24, 2.45) is 5.92 Å². The van der Waals surface area contributed by atoms with Gasteiger partial charge in [-0.25, -0.2) is 0 Å². The number of alkyl halides is 3. The van der Waals surface area contributed by atoms with Crippen molar-refractivity contribution in [2.45, 2.75) is 45.5 Å². The van der Waals surface area contributed by atoms with Crippen LogP contribution in [0.3, 0.4) is 0 Å². The molecule has 1 aliphatic heterocycles. The van der Waals surface area contributed by atoms with E-state index in [1.165, 1.54) is 0 Å². The summed E-state index contributed by atoms with van der Waals surface area (Å²) in [7, 11) is 0. The monoisotopic (exact) mass is 282 g/mol. The van der Waals surface area contributed by atoms with E-state index in [2.05, 4.69) is 28.8 Å². The van der Waals surface area contributed by atoms with Crippen molar-refractivity contribution in [2.75, 3.05) is 32.8 Å². The van der Waals surface area contributed by atoms with E-state index in [0.717, 1.165) is 38.9 Å². The van der Waals surface area contributed by atoms with Crippen molar-refractivity contribution in [3.63, 3.8) is 0 Å². The molecular formula is C13H25F3N2O. The predicted molar refractivity (Wildman–Crippen MR) is 68.9 cm³/mol. The summed E-state index contributed by atoms with van der Waals surface area (Å²) in [6.07, 6.45) is -1.24. The van der Waals surface area contributed by atoms with Crippen molar-refractivity contribution < 1.29 is 17.9 Å². The third-order valence-corrected chi connectivity index (χ3v) is 3.33. The molecule has 1 saturated heterocycles. The maximum Gasteiger partial charge on any atom is 0.522 e. The molecule has 19 heavy (non-hydrogen) atoms. The van der Waals surface area contributed by atoms with Gasteiger partial charge in [-0.1, -0.05) is 20.3 Å². The van der Waals surface area contributed by atoms with Gasteiger partial charge in [-0.15, -0.1) is 13.2 Å². The third-order valence-electron chi connectivity index (χ3n) is 3.33. The molecule has 0 aliphatic carbocycles. The third kappa shape index (κ3) is 7.74. The van der Waals surface area contributed by atoms with Crippen LogP contribution in [0, 0.1) is 5.92 Å². The van der Waals surface area contributed by atoms with Crippen LogP contribution in [0.15, 0.2) is 0 Å². The minimum atomic E-state index is -4.51. The van der Waals surface area contributed by atoms with Gasteiger partial charge >= 0.3 is 6.36 Å². The number of piperidine rings is 1. The van der Waals surface area contributed by atoms with Crippen LogP contribution < -0.4 is 5.32 Å². The Labute approximate surface area is 113 Å². The van der Waals surface area contributed by atoms with Crippen LogP contribution >= 0.6 is 0 Å². The fraction of sp³-hybridized carbons (Fsp3) is 1.00. The Morgan fingerprint density at radius 1 is 1.32 bits per heavy atom. The van der Waals surface area contributed by atoms with Crippen LogP contribution in [0.2, 0.25) is 0 Å². The highest BCUT2D eigenvalue weighted by atomic mass is 19.4. The van der Waals surface area contributed by atoms with E-state index in [1.807, 2.05) is 0 Å². The van der Waals surface area contributed by atoms with Gasteiger partial charge in [-0.2, -0.15) is 0 Å². The van der Waals surface area contributed by atoms with E-state index in [1.54, 1.807) is 0 Å². The van der Waals surface area contributed by atoms with Gasteiger partial charge in [0, 0.05) is 19.1 Å². The normalized spacial score (nSPS) is 22.1. The van der Waals surface area contributed by atoms with Gasteiger partial charge in [0.1, 0.15) is 0 Å². The SMILES string of the molecule is CC(C)CNCC1CCCCN1CCOC(F)(F)F. The van der Waals surface area contributed by atoms with E-state index in [4.69, 9.17) is 0 Å². The van der Waals surface area contributed by atoms with Crippen molar-refractivity contribution in [3.8, 4) is 0 Å². The Kier molecular flexibility index (Phi) is 7.10. The number of hydrogen-bond acceptors (Lipinski definition) is 3. The number of likely N-dealkylation sites (tertiary alicyclic amines) is 1. The van der Waals surface area contributed by atoms with Crippen LogP contribution in [-0.4, -0.2) is 50.1 Å². The van der Waals surface area contributed by atoms with E-state index < -0.39 is 6.36 Å². The molecule has 0 amide bonds. The van der Waals surface area contributed by atoms with Gasteiger partial charge in [0.2, 0.25) is 0 Å². The van der Waals surface area contributed by atoms with E-state index in [9.17, 15) is 13.2 Å². The second-order valence-electron chi connectivity index (χ2n) is 5.53. The van der Waals surface area contributed by atoms with Gasteiger partial charge in [0.25, 0.3) is 0 Å². The molecule has 0 aromatic carbocycles. The minimum absolute atomic E-state index is 0.274. The molecule has 1 rings (SSSR count). The molecule has 1 atom stereocenters. The summed E-state index contributed by atoms with van der Waals surface area (Å²) in [6.45, 7) is 7.03. The Balaban J connectivity index is 2.27. The van der Waals surface area contributed by atoms with Crippen LogP contribution in [-0.2, 0) is 4.74 Å². The molecule has 1 fully saturated rings. The molecule has 3 nitrogen and oxygen atoms in total. The molecule has 0 radical (unpaired) electrons. The topological polar surface area (TPSA) is 24.5 Å². The first kappa shape index (κ1) is 16.7. The molecule has 0 bridgehead atoms. The molecule has 1 heterocycles. The maximum atomic E-state index is 11.9. The van der Waals surface area contributed by atoms with Gasteiger partial charge in [-0.05, 0) is 31.8 Å². The zero-order chi connectivity index (χ0) is 14.3. The lowest BCUT2D eigenvalue weighted by molar-refractivity contribution is -0.325. The van der Waals surface area contributed by atoms with Crippen molar-refractivity contribution in [3.05, 3.63) is 0 Å². The zero-order valence-electron chi connectivity index (χ0n) is 11.8. The first-order valence-corrected chi connectivity index (χ1v) is 7.04. The summed E-state index contributed by atoms with van der Waals surface area (Å²) in [5.74, 6) is 0.589. The molecule has 0 aromatic rings. The highest BCUT2D eigenvalue weighted by Crippen LogP contribution is 2.19.